The SMILES string of the molecule is Cc1ccc(NC(=O)Cn2c(=O)n(Cc3ccc(F)cc3)c(=O)c3sccc32)cc1F. The van der Waals surface area contributed by atoms with Gasteiger partial charge < -0.3 is 5.32 Å². The Bertz CT molecular complexity index is 1400. The number of halogens is 2. The zero-order valence-corrected chi connectivity index (χ0v) is 17.2. The molecule has 0 saturated heterocycles. The Kier molecular flexibility index (Phi) is 5.51. The number of nitrogens with one attached hydrogen (secondary N) is 1. The molecular formula is C22H17F2N3O3S. The van der Waals surface area contributed by atoms with Crippen molar-refractivity contribution in [3.63, 3.8) is 0 Å². The fraction of sp³-hybridized carbons (Fsp3) is 0.136. The Balaban J connectivity index is 1.69. The monoisotopic (exact) mass is 441 g/mol. The smallest absolute Gasteiger partial charge is 0.324 e. The van der Waals surface area contributed by atoms with E-state index in [1.165, 1.54) is 41.0 Å². The molecule has 2 aromatic carbocycles. The summed E-state index contributed by atoms with van der Waals surface area (Å²) in [7, 11) is 0. The van der Waals surface area contributed by atoms with E-state index in [9.17, 15) is 23.2 Å². The Hall–Kier alpha value is -3.59. The number of hydrogen-bond acceptors (Lipinski definition) is 4. The molecule has 0 radical (unpaired) electrons. The van der Waals surface area contributed by atoms with Gasteiger partial charge in [-0.1, -0.05) is 18.2 Å². The molecule has 0 spiro atoms. The van der Waals surface area contributed by atoms with Crippen LogP contribution in [0.25, 0.3) is 10.2 Å². The molecule has 2 aromatic heterocycles. The summed E-state index contributed by atoms with van der Waals surface area (Å²) in [6.07, 6.45) is 0. The highest BCUT2D eigenvalue weighted by molar-refractivity contribution is 7.17. The van der Waals surface area contributed by atoms with Gasteiger partial charge in [0.25, 0.3) is 5.56 Å². The highest BCUT2D eigenvalue weighted by atomic mass is 32.1. The molecule has 1 amide bonds. The molecule has 9 heteroatoms. The average molecular weight is 441 g/mol. The molecule has 0 atom stereocenters. The number of benzene rings is 2. The van der Waals surface area contributed by atoms with Gasteiger partial charge in [-0.2, -0.15) is 0 Å². The summed E-state index contributed by atoms with van der Waals surface area (Å²) in [5.41, 5.74) is 0.495. The number of aromatic nitrogens is 2. The minimum Gasteiger partial charge on any atom is -0.324 e. The van der Waals surface area contributed by atoms with Crippen molar-refractivity contribution >= 4 is 33.1 Å². The lowest BCUT2D eigenvalue weighted by Crippen LogP contribution is -2.41. The average Bonchev–Trinajstić information content (AvgIpc) is 3.23. The summed E-state index contributed by atoms with van der Waals surface area (Å²) in [5, 5.41) is 4.23. The first kappa shape index (κ1) is 20.7. The van der Waals surface area contributed by atoms with Gasteiger partial charge >= 0.3 is 5.69 Å². The lowest BCUT2D eigenvalue weighted by molar-refractivity contribution is -0.116. The largest absolute Gasteiger partial charge is 0.332 e. The van der Waals surface area contributed by atoms with Crippen molar-refractivity contribution in [2.75, 3.05) is 5.32 Å². The predicted molar refractivity (Wildman–Crippen MR) is 116 cm³/mol. The van der Waals surface area contributed by atoms with Gasteiger partial charge in [-0.25, -0.2) is 13.6 Å². The van der Waals surface area contributed by atoms with Gasteiger partial charge in [0, 0.05) is 5.69 Å². The molecular weight excluding hydrogens is 424 g/mol. The second-order valence-electron chi connectivity index (χ2n) is 7.03. The van der Waals surface area contributed by atoms with Crippen LogP contribution in [0.4, 0.5) is 14.5 Å². The third-order valence-corrected chi connectivity index (χ3v) is 5.74. The van der Waals surface area contributed by atoms with Gasteiger partial charge in [0.2, 0.25) is 5.91 Å². The lowest BCUT2D eigenvalue weighted by Gasteiger charge is -2.13. The van der Waals surface area contributed by atoms with Crippen LogP contribution >= 0.6 is 11.3 Å². The summed E-state index contributed by atoms with van der Waals surface area (Å²) < 4.78 is 29.5. The standard InChI is InChI=1S/C22H17F2N3O3S/c1-13-2-7-16(10-17(13)24)25-19(28)12-26-18-8-9-31-20(18)21(29)27(22(26)30)11-14-3-5-15(23)6-4-14/h2-10H,11-12H2,1H3,(H,25,28). The Morgan fingerprint density at radius 1 is 1.03 bits per heavy atom. The molecule has 0 aliphatic rings. The van der Waals surface area contributed by atoms with E-state index in [0.29, 0.717) is 21.3 Å². The van der Waals surface area contributed by atoms with Gasteiger partial charge in [-0.3, -0.25) is 18.7 Å². The zero-order valence-electron chi connectivity index (χ0n) is 16.4. The Morgan fingerprint density at radius 3 is 2.48 bits per heavy atom. The Labute approximate surface area is 179 Å². The summed E-state index contributed by atoms with van der Waals surface area (Å²) in [5.74, 6) is -1.42. The minimum absolute atomic E-state index is 0.0589. The van der Waals surface area contributed by atoms with Crippen LogP contribution in [-0.2, 0) is 17.9 Å². The number of hydrogen-bond donors (Lipinski definition) is 1. The fourth-order valence-electron chi connectivity index (χ4n) is 3.21. The molecule has 0 fully saturated rings. The van der Waals surface area contributed by atoms with E-state index in [2.05, 4.69) is 5.32 Å². The van der Waals surface area contributed by atoms with E-state index in [-0.39, 0.29) is 18.8 Å². The van der Waals surface area contributed by atoms with Gasteiger partial charge in [0.05, 0.1) is 12.1 Å². The van der Waals surface area contributed by atoms with Crippen LogP contribution in [0.3, 0.4) is 0 Å². The van der Waals surface area contributed by atoms with Gasteiger partial charge in [-0.05, 0) is 53.8 Å². The zero-order chi connectivity index (χ0) is 22.1. The Morgan fingerprint density at radius 2 is 1.77 bits per heavy atom. The molecule has 0 bridgehead atoms. The topological polar surface area (TPSA) is 73.1 Å². The first-order valence-electron chi connectivity index (χ1n) is 9.35. The molecule has 1 N–H and O–H groups in total. The molecule has 4 aromatic rings. The van der Waals surface area contributed by atoms with Crippen molar-refractivity contribution in [3.05, 3.63) is 97.5 Å². The maximum Gasteiger partial charge on any atom is 0.332 e. The van der Waals surface area contributed by atoms with E-state index >= 15 is 0 Å². The molecule has 0 aliphatic carbocycles. The number of anilines is 1. The molecule has 0 unspecified atom stereocenters. The molecule has 158 valence electrons. The second-order valence-corrected chi connectivity index (χ2v) is 7.95. The lowest BCUT2D eigenvalue weighted by atomic mass is 10.2. The second kappa shape index (κ2) is 8.27. The van der Waals surface area contributed by atoms with Crippen molar-refractivity contribution in [3.8, 4) is 0 Å². The number of fused-ring (bicyclic) bond motifs is 1. The van der Waals surface area contributed by atoms with Crippen LogP contribution in [-0.4, -0.2) is 15.0 Å². The van der Waals surface area contributed by atoms with Crippen LogP contribution in [0.2, 0.25) is 0 Å². The first-order valence-corrected chi connectivity index (χ1v) is 10.2. The van der Waals surface area contributed by atoms with Gasteiger partial charge in [0.1, 0.15) is 22.9 Å². The van der Waals surface area contributed by atoms with Gasteiger partial charge in [0.15, 0.2) is 0 Å². The van der Waals surface area contributed by atoms with E-state index in [4.69, 9.17) is 0 Å². The fourth-order valence-corrected chi connectivity index (χ4v) is 4.06. The van der Waals surface area contributed by atoms with E-state index in [0.717, 1.165) is 15.9 Å². The van der Waals surface area contributed by atoms with E-state index < -0.39 is 28.8 Å². The molecule has 6 nitrogen and oxygen atoms in total. The van der Waals surface area contributed by atoms with Crippen LogP contribution in [0, 0.1) is 18.6 Å². The number of carbonyl (C=O) groups is 1. The molecule has 31 heavy (non-hydrogen) atoms. The van der Waals surface area contributed by atoms with Crippen molar-refractivity contribution in [1.82, 2.24) is 9.13 Å². The maximum atomic E-state index is 13.7. The number of rotatable bonds is 5. The molecule has 0 saturated carbocycles. The van der Waals surface area contributed by atoms with Crippen LogP contribution in [0.1, 0.15) is 11.1 Å². The van der Waals surface area contributed by atoms with Gasteiger partial charge in [-0.15, -0.1) is 11.3 Å². The molecule has 4 rings (SSSR count). The maximum absolute atomic E-state index is 13.7. The highest BCUT2D eigenvalue weighted by Gasteiger charge is 2.17. The number of thiophene rings is 1. The number of nitrogens with zero attached hydrogens (tertiary/aromatic N) is 2. The van der Waals surface area contributed by atoms with E-state index in [1.807, 2.05) is 0 Å². The minimum atomic E-state index is -0.662. The normalized spacial score (nSPS) is 11.1. The highest BCUT2D eigenvalue weighted by Crippen LogP contribution is 2.17. The van der Waals surface area contributed by atoms with Crippen molar-refractivity contribution in [2.45, 2.75) is 20.0 Å². The third-order valence-electron chi connectivity index (χ3n) is 4.85. The third kappa shape index (κ3) is 4.17. The predicted octanol–water partition coefficient (Wildman–Crippen LogP) is 3.50. The molecule has 2 heterocycles. The summed E-state index contributed by atoms with van der Waals surface area (Å²) >= 11 is 1.16. The van der Waals surface area contributed by atoms with Crippen molar-refractivity contribution < 1.29 is 13.6 Å². The molecule has 0 aliphatic heterocycles. The number of aryl methyl sites for hydroxylation is 1. The van der Waals surface area contributed by atoms with E-state index in [1.54, 1.807) is 24.4 Å². The van der Waals surface area contributed by atoms with Crippen molar-refractivity contribution in [2.24, 2.45) is 0 Å². The summed E-state index contributed by atoms with van der Waals surface area (Å²) in [4.78, 5) is 38.5. The quantitative estimate of drug-likeness (QED) is 0.515. The summed E-state index contributed by atoms with van der Waals surface area (Å²) in [6, 6.07) is 11.4. The number of amides is 1. The van der Waals surface area contributed by atoms with Crippen LogP contribution < -0.4 is 16.6 Å². The summed E-state index contributed by atoms with van der Waals surface area (Å²) in [6.45, 7) is 1.19. The number of carbonyl (C=O) groups excluding carboxylic acids is 1. The first-order chi connectivity index (χ1) is 14.8. The van der Waals surface area contributed by atoms with Crippen molar-refractivity contribution in [1.29, 1.82) is 0 Å². The van der Waals surface area contributed by atoms with Crippen LogP contribution in [0.15, 0.2) is 63.5 Å². The van der Waals surface area contributed by atoms with Crippen LogP contribution in [0.5, 0.6) is 0 Å².